The maximum Gasteiger partial charge on any atom is 0.325 e. The molecular formula is C27H44Na2O11S. The van der Waals surface area contributed by atoms with E-state index in [1.807, 2.05) is 0 Å². The maximum absolute atomic E-state index is 12.1. The monoisotopic (exact) mass is 622 g/mol. The van der Waals surface area contributed by atoms with Crippen LogP contribution in [0.15, 0.2) is 36.5 Å². The molecule has 0 saturated heterocycles. The van der Waals surface area contributed by atoms with Crippen LogP contribution >= 0.6 is 0 Å². The van der Waals surface area contributed by atoms with Gasteiger partial charge in [-0.15, -0.1) is 0 Å². The first-order chi connectivity index (χ1) is 18.5. The third-order valence-corrected chi connectivity index (χ3v) is 6.86. The second-order valence-electron chi connectivity index (χ2n) is 9.28. The van der Waals surface area contributed by atoms with Gasteiger partial charge in [0.25, 0.3) is 10.1 Å². The van der Waals surface area contributed by atoms with Gasteiger partial charge in [0.1, 0.15) is 13.2 Å². The van der Waals surface area contributed by atoms with Crippen molar-refractivity contribution in [2.45, 2.75) is 82.8 Å². The van der Waals surface area contributed by atoms with Gasteiger partial charge in [-0.25, -0.2) is 0 Å². The Bertz CT molecular complexity index is 914. The summed E-state index contributed by atoms with van der Waals surface area (Å²) in [6.45, 7) is -0.481. The van der Waals surface area contributed by atoms with Gasteiger partial charge in [-0.2, -0.15) is 8.42 Å². The van der Waals surface area contributed by atoms with E-state index < -0.39 is 71.5 Å². The number of carboxylic acid groups (broad SMARTS) is 1. The summed E-state index contributed by atoms with van der Waals surface area (Å²) in [4.78, 5) is 34.8. The van der Waals surface area contributed by atoms with Crippen molar-refractivity contribution in [1.29, 1.82) is 0 Å². The number of hydrogen-bond acceptors (Lipinski definition) is 9. The molecule has 14 heteroatoms. The number of carbonyl (C=O) groups is 3. The number of esters is 2. The van der Waals surface area contributed by atoms with E-state index >= 15 is 0 Å². The van der Waals surface area contributed by atoms with E-state index in [1.54, 1.807) is 0 Å². The molecule has 11 nitrogen and oxygen atoms in total. The van der Waals surface area contributed by atoms with Crippen LogP contribution in [0.1, 0.15) is 77.6 Å². The zero-order chi connectivity index (χ0) is 29.6. The summed E-state index contributed by atoms with van der Waals surface area (Å²) < 4.78 is 41.0. The van der Waals surface area contributed by atoms with Gasteiger partial charge in [-0.05, 0) is 38.5 Å². The Balaban J connectivity index is -0.00000722. The van der Waals surface area contributed by atoms with E-state index in [4.69, 9.17) is 19.1 Å². The molecule has 0 aliphatic rings. The quantitative estimate of drug-likeness (QED) is 0.0432. The number of hydrogen-bond donors (Lipinski definition) is 4. The van der Waals surface area contributed by atoms with Crippen molar-refractivity contribution < 1.29 is 52.1 Å². The van der Waals surface area contributed by atoms with Crippen molar-refractivity contribution >= 4 is 87.1 Å². The van der Waals surface area contributed by atoms with Crippen molar-refractivity contribution in [1.82, 2.24) is 0 Å². The van der Waals surface area contributed by atoms with E-state index in [9.17, 15) is 33.0 Å². The molecule has 0 aromatic heterocycles. The van der Waals surface area contributed by atoms with Crippen molar-refractivity contribution in [2.75, 3.05) is 26.4 Å². The second-order valence-corrected chi connectivity index (χ2v) is 10.9. The molecule has 0 aliphatic carbocycles. The Morgan fingerprint density at radius 1 is 0.780 bits per heavy atom. The summed E-state index contributed by atoms with van der Waals surface area (Å²) in [6, 6.07) is 0. The molecular weight excluding hydrogens is 578 g/mol. The molecule has 0 saturated carbocycles. The fourth-order valence-electron chi connectivity index (χ4n) is 3.23. The summed E-state index contributed by atoms with van der Waals surface area (Å²) in [7, 11) is -5.05. The van der Waals surface area contributed by atoms with Crippen LogP contribution in [0.2, 0.25) is 0 Å². The van der Waals surface area contributed by atoms with Gasteiger partial charge in [-0.3, -0.25) is 18.9 Å². The van der Waals surface area contributed by atoms with Gasteiger partial charge in [-0.1, -0.05) is 62.6 Å². The maximum atomic E-state index is 12.1. The molecule has 41 heavy (non-hydrogen) atoms. The number of carboxylic acids is 1. The second kappa shape index (κ2) is 27.0. The van der Waals surface area contributed by atoms with Crippen LogP contribution in [0, 0.1) is 5.41 Å². The first-order valence-corrected chi connectivity index (χ1v) is 14.7. The molecule has 0 heterocycles. The molecule has 0 fully saturated rings. The Morgan fingerprint density at radius 2 is 1.27 bits per heavy atom. The van der Waals surface area contributed by atoms with Crippen LogP contribution < -0.4 is 0 Å². The summed E-state index contributed by atoms with van der Waals surface area (Å²) in [5.74, 6) is -3.78. The minimum absolute atomic E-state index is 0. The third kappa shape index (κ3) is 23.6. The van der Waals surface area contributed by atoms with Crippen molar-refractivity contribution in [3.63, 3.8) is 0 Å². The Labute approximate surface area is 288 Å². The molecule has 1 unspecified atom stereocenters. The van der Waals surface area contributed by atoms with Gasteiger partial charge >= 0.3 is 17.9 Å². The van der Waals surface area contributed by atoms with Crippen molar-refractivity contribution in [2.24, 2.45) is 5.41 Å². The topological polar surface area (TPSA) is 185 Å². The molecule has 0 spiro atoms. The normalized spacial score (nSPS) is 12.7. The molecule has 4 N–H and O–H groups in total. The van der Waals surface area contributed by atoms with Crippen molar-refractivity contribution in [3.8, 4) is 0 Å². The summed E-state index contributed by atoms with van der Waals surface area (Å²) in [5, 5.41) is 25.7. The number of rotatable bonds is 23. The molecule has 0 amide bonds. The Hall–Kier alpha value is -0.540. The number of aliphatic hydroxyl groups excluding tert-OH is 2. The van der Waals surface area contributed by atoms with Crippen LogP contribution in [-0.2, 0) is 34.0 Å². The average Bonchev–Trinajstić information content (AvgIpc) is 2.89. The third-order valence-electron chi connectivity index (χ3n) is 5.77. The van der Waals surface area contributed by atoms with Crippen molar-refractivity contribution in [3.05, 3.63) is 36.5 Å². The van der Waals surface area contributed by atoms with Gasteiger partial charge in [0, 0.05) is 65.5 Å². The molecule has 0 rings (SSSR count). The van der Waals surface area contributed by atoms with E-state index in [-0.39, 0.29) is 65.5 Å². The first-order valence-electron chi connectivity index (χ1n) is 13.2. The minimum atomic E-state index is -5.05. The molecule has 226 valence electrons. The first kappa shape index (κ1) is 44.9. The number of ether oxygens (including phenoxy) is 2. The van der Waals surface area contributed by atoms with Crippen LogP contribution in [0.5, 0.6) is 0 Å². The largest absolute Gasteiger partial charge is 0.480 e. The number of aliphatic carboxylic acids is 1. The van der Waals surface area contributed by atoms with E-state index in [0.717, 1.165) is 51.4 Å². The molecule has 2 radical (unpaired) electrons. The smallest absolute Gasteiger partial charge is 0.325 e. The van der Waals surface area contributed by atoms with Crippen LogP contribution in [0.4, 0.5) is 0 Å². The summed E-state index contributed by atoms with van der Waals surface area (Å²) >= 11 is 0. The minimum Gasteiger partial charge on any atom is -0.480 e. The SMILES string of the molecule is CCC=CCC=CCC=CCCCCCCCC(=O)OCC(CO)(CO)COC(=O)CC(C(=O)O)S(=O)(=O)O.[Na].[Na]. The standard InChI is InChI=1S/C27H44O11S.2Na/c1-2-3-4-5-6-7-8-9-10-11-12-13-14-15-16-17-24(30)37-21-27(19-28,20-29)22-38-25(31)18-23(26(32)33)39(34,35)36;;/h3-4,6-7,9-10,23,28-29H,2,5,8,11-22H2,1H3,(H,32,33)(H,34,35,36);;. The molecule has 0 bridgehead atoms. The predicted octanol–water partition coefficient (Wildman–Crippen LogP) is 2.60. The fraction of sp³-hybridized carbons (Fsp3) is 0.667. The van der Waals surface area contributed by atoms with E-state index in [2.05, 4.69) is 43.4 Å². The predicted molar refractivity (Wildman–Crippen MR) is 157 cm³/mol. The number of allylic oxidation sites excluding steroid dienone is 6. The van der Waals surface area contributed by atoms with Crippen LogP contribution in [0.3, 0.4) is 0 Å². The van der Waals surface area contributed by atoms with Gasteiger partial charge < -0.3 is 24.8 Å². The van der Waals surface area contributed by atoms with Crippen LogP contribution in [0.25, 0.3) is 0 Å². The van der Waals surface area contributed by atoms with Gasteiger partial charge in [0.15, 0.2) is 5.25 Å². The summed E-state index contributed by atoms with van der Waals surface area (Å²) in [6.07, 6.45) is 20.4. The number of aliphatic hydroxyl groups is 2. The fourth-order valence-corrected chi connectivity index (χ4v) is 3.83. The Morgan fingerprint density at radius 3 is 1.78 bits per heavy atom. The van der Waals surface area contributed by atoms with E-state index in [0.29, 0.717) is 6.42 Å². The molecule has 0 aromatic carbocycles. The number of unbranched alkanes of at least 4 members (excludes halogenated alkanes) is 5. The molecule has 0 aromatic rings. The van der Waals surface area contributed by atoms with Gasteiger partial charge in [0.2, 0.25) is 0 Å². The van der Waals surface area contributed by atoms with E-state index in [1.165, 1.54) is 0 Å². The zero-order valence-corrected chi connectivity index (χ0v) is 29.5. The summed E-state index contributed by atoms with van der Waals surface area (Å²) in [5.41, 5.74) is -1.56. The molecule has 1 atom stereocenters. The molecule has 0 aliphatic heterocycles. The average molecular weight is 623 g/mol. The number of carbonyl (C=O) groups excluding carboxylic acids is 2. The van der Waals surface area contributed by atoms with Crippen LogP contribution in [-0.4, -0.2) is 137 Å². The van der Waals surface area contributed by atoms with Gasteiger partial charge in [0.05, 0.1) is 25.0 Å². The Kier molecular flexibility index (Phi) is 29.6. The zero-order valence-electron chi connectivity index (χ0n) is 24.7.